The van der Waals surface area contributed by atoms with E-state index in [1.165, 1.54) is 19.3 Å². The van der Waals surface area contributed by atoms with Crippen molar-refractivity contribution < 1.29 is 9.57 Å². The molecule has 48 valence electrons. The maximum absolute atomic E-state index is 4.67. The van der Waals surface area contributed by atoms with Gasteiger partial charge in [-0.3, -0.25) is 4.84 Å². The average molecular weight is 135 g/mol. The van der Waals surface area contributed by atoms with Gasteiger partial charge >= 0.3 is 0 Å². The minimum Gasteiger partial charge on any atom is -0.473 e. The summed E-state index contributed by atoms with van der Waals surface area (Å²) in [7, 11) is 4.69. The standard InChI is InChI=1S/C4H9NO2S/c1-5(7-3)4(8)6-2/h1-3H3. The number of thiocarbonyl (C=S) groups is 1. The zero-order chi connectivity index (χ0) is 6.57. The van der Waals surface area contributed by atoms with Gasteiger partial charge in [0.1, 0.15) is 0 Å². The SMILES string of the molecule is COC(=S)N(C)OC. The van der Waals surface area contributed by atoms with E-state index in [0.717, 1.165) is 0 Å². The minimum absolute atomic E-state index is 0.326. The highest BCUT2D eigenvalue weighted by Crippen LogP contribution is 1.85. The van der Waals surface area contributed by atoms with Crippen LogP contribution in [0.3, 0.4) is 0 Å². The van der Waals surface area contributed by atoms with Crippen molar-refractivity contribution in [2.75, 3.05) is 21.3 Å². The van der Waals surface area contributed by atoms with Gasteiger partial charge in [0.2, 0.25) is 0 Å². The Hall–Kier alpha value is -0.350. The van der Waals surface area contributed by atoms with Crippen molar-refractivity contribution in [3.05, 3.63) is 0 Å². The average Bonchev–Trinajstić information content (AvgIpc) is 1.84. The Balaban J connectivity index is 3.46. The molecular weight excluding hydrogens is 126 g/mol. The number of rotatable bonds is 1. The van der Waals surface area contributed by atoms with E-state index >= 15 is 0 Å². The molecule has 0 bridgehead atoms. The summed E-state index contributed by atoms with van der Waals surface area (Å²) in [6.07, 6.45) is 0. The quantitative estimate of drug-likeness (QED) is 0.383. The van der Waals surface area contributed by atoms with Gasteiger partial charge < -0.3 is 4.74 Å². The minimum atomic E-state index is 0.326. The van der Waals surface area contributed by atoms with Gasteiger partial charge in [0, 0.05) is 7.05 Å². The van der Waals surface area contributed by atoms with Crippen LogP contribution in [-0.2, 0) is 9.57 Å². The second kappa shape index (κ2) is 3.63. The molecule has 0 aromatic rings. The molecule has 0 aliphatic heterocycles. The summed E-state index contributed by atoms with van der Waals surface area (Å²) in [5.41, 5.74) is 0. The molecule has 0 unspecified atom stereocenters. The maximum atomic E-state index is 4.67. The number of ether oxygens (including phenoxy) is 1. The van der Waals surface area contributed by atoms with Gasteiger partial charge in [0.15, 0.2) is 0 Å². The normalized spacial score (nSPS) is 8.38. The summed E-state index contributed by atoms with van der Waals surface area (Å²) in [6, 6.07) is 0. The van der Waals surface area contributed by atoms with Crippen LogP contribution in [0.5, 0.6) is 0 Å². The second-order valence-electron chi connectivity index (χ2n) is 1.15. The molecule has 4 heteroatoms. The van der Waals surface area contributed by atoms with Crippen LogP contribution in [0.15, 0.2) is 0 Å². The third kappa shape index (κ3) is 2.09. The summed E-state index contributed by atoms with van der Waals surface area (Å²) >= 11 is 4.66. The Morgan fingerprint density at radius 3 is 2.12 bits per heavy atom. The fourth-order valence-corrected chi connectivity index (χ4v) is 0.278. The van der Waals surface area contributed by atoms with Crippen molar-refractivity contribution in [3.63, 3.8) is 0 Å². The molecule has 0 saturated carbocycles. The van der Waals surface area contributed by atoms with Gasteiger partial charge in [0.25, 0.3) is 5.17 Å². The molecule has 0 aromatic carbocycles. The summed E-state index contributed by atoms with van der Waals surface area (Å²) in [5, 5.41) is 1.68. The van der Waals surface area contributed by atoms with Gasteiger partial charge in [-0.05, 0) is 12.2 Å². The van der Waals surface area contributed by atoms with Gasteiger partial charge in [-0.15, -0.1) is 0 Å². The van der Waals surface area contributed by atoms with Crippen LogP contribution in [0.1, 0.15) is 0 Å². The maximum Gasteiger partial charge on any atom is 0.283 e. The first-order chi connectivity index (χ1) is 3.72. The number of hydrogen-bond acceptors (Lipinski definition) is 3. The van der Waals surface area contributed by atoms with Gasteiger partial charge in [0.05, 0.1) is 14.2 Å². The molecule has 0 aliphatic carbocycles. The Morgan fingerprint density at radius 1 is 1.50 bits per heavy atom. The highest BCUT2D eigenvalue weighted by atomic mass is 32.1. The van der Waals surface area contributed by atoms with Gasteiger partial charge in [-0.1, -0.05) is 0 Å². The van der Waals surface area contributed by atoms with Crippen molar-refractivity contribution >= 4 is 17.4 Å². The molecule has 0 N–H and O–H groups in total. The predicted octanol–water partition coefficient (Wildman–Crippen LogP) is 0.411. The van der Waals surface area contributed by atoms with Crippen LogP contribution in [0, 0.1) is 0 Å². The van der Waals surface area contributed by atoms with Crippen molar-refractivity contribution in [2.24, 2.45) is 0 Å². The molecule has 0 fully saturated rings. The summed E-state index contributed by atoms with van der Waals surface area (Å²) in [6.45, 7) is 0. The molecule has 8 heavy (non-hydrogen) atoms. The fraction of sp³-hybridized carbons (Fsp3) is 0.750. The van der Waals surface area contributed by atoms with Crippen LogP contribution in [0.4, 0.5) is 0 Å². The topological polar surface area (TPSA) is 21.7 Å². The molecule has 0 atom stereocenters. The van der Waals surface area contributed by atoms with Crippen molar-refractivity contribution in [1.82, 2.24) is 5.06 Å². The Kier molecular flexibility index (Phi) is 3.47. The molecule has 0 radical (unpaired) electrons. The van der Waals surface area contributed by atoms with E-state index in [9.17, 15) is 0 Å². The van der Waals surface area contributed by atoms with Crippen LogP contribution < -0.4 is 0 Å². The molecule has 0 saturated heterocycles. The van der Waals surface area contributed by atoms with Crippen molar-refractivity contribution in [1.29, 1.82) is 0 Å². The summed E-state index contributed by atoms with van der Waals surface area (Å²) in [5.74, 6) is 0. The largest absolute Gasteiger partial charge is 0.473 e. The van der Waals surface area contributed by atoms with E-state index in [2.05, 4.69) is 21.8 Å². The molecule has 0 rings (SSSR count). The highest BCUT2D eigenvalue weighted by Gasteiger charge is 1.98. The molecule has 0 aliphatic rings. The van der Waals surface area contributed by atoms with Crippen LogP contribution >= 0.6 is 12.2 Å². The number of hydrogen-bond donors (Lipinski definition) is 0. The van der Waals surface area contributed by atoms with Crippen LogP contribution in [0.2, 0.25) is 0 Å². The monoisotopic (exact) mass is 135 g/mol. The molecule has 3 nitrogen and oxygen atoms in total. The Labute approximate surface area is 54.1 Å². The first-order valence-corrected chi connectivity index (χ1v) is 2.49. The number of hydroxylamine groups is 2. The van der Waals surface area contributed by atoms with Gasteiger partial charge in [-0.2, -0.15) is 0 Å². The lowest BCUT2D eigenvalue weighted by Gasteiger charge is -2.13. The molecule has 0 heterocycles. The Morgan fingerprint density at radius 2 is 2.00 bits per heavy atom. The lowest BCUT2D eigenvalue weighted by Crippen LogP contribution is -2.24. The second-order valence-corrected chi connectivity index (χ2v) is 1.50. The van der Waals surface area contributed by atoms with E-state index in [0.29, 0.717) is 5.17 Å². The zero-order valence-corrected chi connectivity index (χ0v) is 5.99. The number of nitrogens with zero attached hydrogens (tertiary/aromatic N) is 1. The van der Waals surface area contributed by atoms with Crippen molar-refractivity contribution in [3.8, 4) is 0 Å². The lowest BCUT2D eigenvalue weighted by molar-refractivity contribution is -0.0564. The molecule has 0 amide bonds. The third-order valence-electron chi connectivity index (χ3n) is 0.706. The first kappa shape index (κ1) is 7.65. The Bertz CT molecular complexity index is 86.1. The van der Waals surface area contributed by atoms with Gasteiger partial charge in [-0.25, -0.2) is 5.06 Å². The molecular formula is C4H9NO2S. The smallest absolute Gasteiger partial charge is 0.283 e. The number of methoxy groups -OCH3 is 1. The van der Waals surface area contributed by atoms with E-state index in [-0.39, 0.29) is 0 Å². The predicted molar refractivity (Wildman–Crippen MR) is 34.4 cm³/mol. The van der Waals surface area contributed by atoms with Crippen molar-refractivity contribution in [2.45, 2.75) is 0 Å². The third-order valence-corrected chi connectivity index (χ3v) is 1.13. The van der Waals surface area contributed by atoms with E-state index in [1.54, 1.807) is 7.05 Å². The van der Waals surface area contributed by atoms with E-state index < -0.39 is 0 Å². The van der Waals surface area contributed by atoms with E-state index in [4.69, 9.17) is 0 Å². The van der Waals surface area contributed by atoms with Crippen LogP contribution in [0.25, 0.3) is 0 Å². The van der Waals surface area contributed by atoms with E-state index in [1.807, 2.05) is 0 Å². The molecule has 0 spiro atoms. The summed E-state index contributed by atoms with van der Waals surface area (Å²) in [4.78, 5) is 4.67. The van der Waals surface area contributed by atoms with Crippen LogP contribution in [-0.4, -0.2) is 31.5 Å². The summed E-state index contributed by atoms with van der Waals surface area (Å²) < 4.78 is 4.64. The first-order valence-electron chi connectivity index (χ1n) is 2.08. The highest BCUT2D eigenvalue weighted by molar-refractivity contribution is 7.79. The zero-order valence-electron chi connectivity index (χ0n) is 5.17. The fourth-order valence-electron chi connectivity index (χ4n) is 0.203. The molecule has 0 aromatic heterocycles. The lowest BCUT2D eigenvalue weighted by atomic mass is 11.1.